The molecule has 3 nitrogen and oxygen atoms in total. The van der Waals surface area contributed by atoms with Gasteiger partial charge in [0.25, 0.3) is 0 Å². The van der Waals surface area contributed by atoms with E-state index >= 15 is 0 Å². The number of hydrogen-bond acceptors (Lipinski definition) is 3. The molecular weight excluding hydrogens is 227 g/mol. The molecule has 0 bridgehead atoms. The highest BCUT2D eigenvalue weighted by Crippen LogP contribution is 2.33. The molecule has 1 aromatic carbocycles. The molecule has 0 saturated heterocycles. The summed E-state index contributed by atoms with van der Waals surface area (Å²) in [7, 11) is -1.66. The van der Waals surface area contributed by atoms with Gasteiger partial charge >= 0.3 is 7.12 Å². The molecule has 0 aliphatic carbocycles. The van der Waals surface area contributed by atoms with Crippen molar-refractivity contribution >= 4 is 12.6 Å². The Morgan fingerprint density at radius 2 is 1.39 bits per heavy atom. The summed E-state index contributed by atoms with van der Waals surface area (Å²) in [6.07, 6.45) is 0. The van der Waals surface area contributed by atoms with Gasteiger partial charge in [0.2, 0.25) is 0 Å². The van der Waals surface area contributed by atoms with E-state index in [0.717, 1.165) is 11.1 Å². The zero-order valence-corrected chi connectivity index (χ0v) is 12.1. The Balaban J connectivity index is 3.58. The van der Waals surface area contributed by atoms with Crippen LogP contribution in [0, 0.1) is 0 Å². The topological polar surface area (TPSA) is 60.7 Å². The molecule has 0 atom stereocenters. The molecule has 1 rings (SSSR count). The molecule has 0 aromatic heterocycles. The molecule has 0 unspecified atom stereocenters. The van der Waals surface area contributed by atoms with Gasteiger partial charge in [-0.05, 0) is 22.0 Å². The van der Waals surface area contributed by atoms with Crippen molar-refractivity contribution in [1.29, 1.82) is 0 Å². The van der Waals surface area contributed by atoms with E-state index in [-0.39, 0.29) is 22.0 Å². The lowest BCUT2D eigenvalue weighted by atomic mass is 9.71. The van der Waals surface area contributed by atoms with E-state index in [1.807, 2.05) is 26.8 Å². The number of phenolic OH excluding ortho intramolecular Hbond substituents is 1. The van der Waals surface area contributed by atoms with Crippen molar-refractivity contribution in [1.82, 2.24) is 0 Å². The van der Waals surface area contributed by atoms with Crippen LogP contribution < -0.4 is 5.46 Å². The van der Waals surface area contributed by atoms with Crippen LogP contribution in [-0.2, 0) is 10.8 Å². The minimum atomic E-state index is -1.66. The van der Waals surface area contributed by atoms with E-state index in [0.29, 0.717) is 0 Å². The van der Waals surface area contributed by atoms with E-state index in [9.17, 15) is 15.2 Å². The van der Waals surface area contributed by atoms with E-state index in [1.165, 1.54) is 0 Å². The Morgan fingerprint density at radius 1 is 0.889 bits per heavy atom. The monoisotopic (exact) mass is 250 g/mol. The first-order chi connectivity index (χ1) is 7.94. The summed E-state index contributed by atoms with van der Waals surface area (Å²) in [6, 6.07) is 3.61. The largest absolute Gasteiger partial charge is 0.508 e. The van der Waals surface area contributed by atoms with Crippen molar-refractivity contribution in [3.8, 4) is 5.75 Å². The lowest BCUT2D eigenvalue weighted by Crippen LogP contribution is -2.33. The lowest BCUT2D eigenvalue weighted by Gasteiger charge is -2.27. The third-order valence-corrected chi connectivity index (χ3v) is 3.09. The summed E-state index contributed by atoms with van der Waals surface area (Å²) in [5, 5.41) is 28.9. The van der Waals surface area contributed by atoms with E-state index in [1.54, 1.807) is 6.07 Å². The predicted molar refractivity (Wildman–Crippen MR) is 75.3 cm³/mol. The van der Waals surface area contributed by atoms with Crippen molar-refractivity contribution in [3.63, 3.8) is 0 Å². The quantitative estimate of drug-likeness (QED) is 0.664. The van der Waals surface area contributed by atoms with Gasteiger partial charge in [-0.1, -0.05) is 53.7 Å². The minimum absolute atomic E-state index is 0.0227. The summed E-state index contributed by atoms with van der Waals surface area (Å²) < 4.78 is 0. The molecule has 0 saturated carbocycles. The standard InChI is InChI=1S/C14H23BO3/c1-13(2,3)9-7-10(14(4,5)6)12(16)11(8-9)15(17)18/h7-8,16-18H,1-6H3. The fourth-order valence-corrected chi connectivity index (χ4v) is 1.86. The Kier molecular flexibility index (Phi) is 3.85. The first kappa shape index (κ1) is 15.1. The third kappa shape index (κ3) is 3.06. The molecule has 100 valence electrons. The number of benzene rings is 1. The average molecular weight is 250 g/mol. The highest BCUT2D eigenvalue weighted by Gasteiger charge is 2.28. The maximum atomic E-state index is 10.2. The van der Waals surface area contributed by atoms with Crippen LogP contribution in [0.5, 0.6) is 5.75 Å². The average Bonchev–Trinajstić information content (AvgIpc) is 2.13. The number of hydrogen-bond donors (Lipinski definition) is 3. The van der Waals surface area contributed by atoms with Gasteiger partial charge in [-0.15, -0.1) is 0 Å². The van der Waals surface area contributed by atoms with Crippen molar-refractivity contribution in [2.75, 3.05) is 0 Å². The second-order valence-electron chi connectivity index (χ2n) is 6.84. The van der Waals surface area contributed by atoms with Crippen LogP contribution in [0.25, 0.3) is 0 Å². The third-order valence-electron chi connectivity index (χ3n) is 3.09. The zero-order valence-electron chi connectivity index (χ0n) is 12.1. The van der Waals surface area contributed by atoms with E-state index < -0.39 is 7.12 Å². The predicted octanol–water partition coefficient (Wildman–Crippen LogP) is 1.67. The zero-order chi connectivity index (χ0) is 14.3. The number of aromatic hydroxyl groups is 1. The summed E-state index contributed by atoms with van der Waals surface area (Å²) >= 11 is 0. The summed E-state index contributed by atoms with van der Waals surface area (Å²) in [6.45, 7) is 12.1. The van der Waals surface area contributed by atoms with Gasteiger partial charge in [0, 0.05) is 5.46 Å². The van der Waals surface area contributed by atoms with Crippen LogP contribution in [0.4, 0.5) is 0 Å². The molecule has 0 fully saturated rings. The Hall–Kier alpha value is -0.995. The van der Waals surface area contributed by atoms with Gasteiger partial charge in [0.1, 0.15) is 5.75 Å². The maximum absolute atomic E-state index is 10.2. The first-order valence-corrected chi connectivity index (χ1v) is 6.18. The van der Waals surface area contributed by atoms with Gasteiger partial charge in [-0.25, -0.2) is 0 Å². The second-order valence-corrected chi connectivity index (χ2v) is 6.84. The number of phenols is 1. The van der Waals surface area contributed by atoms with Gasteiger partial charge in [0.05, 0.1) is 0 Å². The van der Waals surface area contributed by atoms with E-state index in [4.69, 9.17) is 0 Å². The van der Waals surface area contributed by atoms with Crippen molar-refractivity contribution in [2.24, 2.45) is 0 Å². The van der Waals surface area contributed by atoms with Gasteiger partial charge in [-0.3, -0.25) is 0 Å². The Morgan fingerprint density at radius 3 is 1.72 bits per heavy atom. The van der Waals surface area contributed by atoms with Crippen LogP contribution in [-0.4, -0.2) is 22.3 Å². The molecule has 0 amide bonds. The second kappa shape index (κ2) is 4.59. The normalized spacial score (nSPS) is 12.7. The van der Waals surface area contributed by atoms with Crippen molar-refractivity contribution in [2.45, 2.75) is 52.4 Å². The maximum Gasteiger partial charge on any atom is 0.492 e. The molecule has 0 spiro atoms. The Bertz CT molecular complexity index is 440. The first-order valence-electron chi connectivity index (χ1n) is 6.18. The van der Waals surface area contributed by atoms with Crippen LogP contribution in [0.3, 0.4) is 0 Å². The van der Waals surface area contributed by atoms with Crippen LogP contribution in [0.1, 0.15) is 52.7 Å². The van der Waals surface area contributed by atoms with Gasteiger partial charge in [0.15, 0.2) is 0 Å². The van der Waals surface area contributed by atoms with Gasteiger partial charge < -0.3 is 15.2 Å². The molecule has 0 aliphatic rings. The summed E-state index contributed by atoms with van der Waals surface area (Å²) in [5.41, 5.74) is 1.52. The van der Waals surface area contributed by atoms with Gasteiger partial charge in [-0.2, -0.15) is 0 Å². The molecule has 0 heterocycles. The van der Waals surface area contributed by atoms with Crippen LogP contribution in [0.2, 0.25) is 0 Å². The highest BCUT2D eigenvalue weighted by molar-refractivity contribution is 6.59. The van der Waals surface area contributed by atoms with Crippen LogP contribution in [0.15, 0.2) is 12.1 Å². The molecule has 1 aromatic rings. The van der Waals surface area contributed by atoms with E-state index in [2.05, 4.69) is 20.8 Å². The molecule has 3 N–H and O–H groups in total. The molecule has 4 heteroatoms. The van der Waals surface area contributed by atoms with Crippen LogP contribution >= 0.6 is 0 Å². The molecule has 0 aliphatic heterocycles. The molecular formula is C14H23BO3. The highest BCUT2D eigenvalue weighted by atomic mass is 16.4. The fraction of sp³-hybridized carbons (Fsp3) is 0.571. The number of rotatable bonds is 1. The smallest absolute Gasteiger partial charge is 0.492 e. The molecule has 18 heavy (non-hydrogen) atoms. The Labute approximate surface area is 110 Å². The minimum Gasteiger partial charge on any atom is -0.508 e. The fourth-order valence-electron chi connectivity index (χ4n) is 1.86. The summed E-state index contributed by atoms with van der Waals surface area (Å²) in [4.78, 5) is 0. The van der Waals surface area contributed by atoms with Crippen molar-refractivity contribution < 1.29 is 15.2 Å². The summed E-state index contributed by atoms with van der Waals surface area (Å²) in [5.74, 6) is -0.0227. The lowest BCUT2D eigenvalue weighted by molar-refractivity contribution is 0.414. The molecule has 0 radical (unpaired) electrons. The SMILES string of the molecule is CC(C)(C)c1cc(B(O)O)c(O)c(C(C)(C)C)c1. The van der Waals surface area contributed by atoms with Crippen molar-refractivity contribution in [3.05, 3.63) is 23.3 Å².